The minimum absolute atomic E-state index is 0.0243. The number of carboxylic acid groups (broad SMARTS) is 1. The number of halogens is 3. The van der Waals surface area contributed by atoms with Gasteiger partial charge in [0.2, 0.25) is 0 Å². The molecule has 0 heterocycles. The molecule has 0 radical (unpaired) electrons. The molecule has 0 spiro atoms. The van der Waals surface area contributed by atoms with E-state index in [2.05, 4.69) is 5.32 Å². The molecule has 5 nitrogen and oxygen atoms in total. The fourth-order valence-electron chi connectivity index (χ4n) is 1.14. The predicted molar refractivity (Wildman–Crippen MR) is 61.2 cm³/mol. The summed E-state index contributed by atoms with van der Waals surface area (Å²) in [7, 11) is 0. The summed E-state index contributed by atoms with van der Waals surface area (Å²) in [5, 5.41) is 27.0. The topological polar surface area (TPSA) is 93.4 Å². The van der Waals surface area contributed by atoms with Gasteiger partial charge in [-0.25, -0.2) is 4.79 Å². The molecule has 102 valence electrons. The van der Waals surface area contributed by atoms with Crippen LogP contribution in [0, 0.1) is 5.41 Å². The van der Waals surface area contributed by atoms with Crippen LogP contribution in [0.4, 0.5) is 18.9 Å². The monoisotopic (exact) mass is 274 g/mol. The quantitative estimate of drug-likeness (QED) is 0.385. The first-order chi connectivity index (χ1) is 8.73. The Hall–Kier alpha value is -2.51. The van der Waals surface area contributed by atoms with Crippen LogP contribution in [-0.4, -0.2) is 28.1 Å². The molecule has 0 aliphatic carbocycles. The zero-order valence-corrected chi connectivity index (χ0v) is 9.32. The Balaban J connectivity index is 3.02. The molecule has 1 aromatic rings. The second-order valence-corrected chi connectivity index (χ2v) is 3.40. The number of aliphatic carboxylic acids is 1. The van der Waals surface area contributed by atoms with Gasteiger partial charge < -0.3 is 15.5 Å². The minimum atomic E-state index is -5.06. The molecule has 0 aliphatic rings. The van der Waals surface area contributed by atoms with E-state index in [1.165, 1.54) is 24.3 Å². The van der Waals surface area contributed by atoms with E-state index in [0.29, 0.717) is 6.20 Å². The number of hydrogen-bond donors (Lipinski definition) is 4. The number of carboxylic acids is 1. The molecule has 4 N–H and O–H groups in total. The van der Waals surface area contributed by atoms with Crippen molar-refractivity contribution in [2.24, 2.45) is 0 Å². The van der Waals surface area contributed by atoms with Crippen molar-refractivity contribution in [1.82, 2.24) is 0 Å². The third kappa shape index (κ3) is 3.73. The summed E-state index contributed by atoms with van der Waals surface area (Å²) in [6.45, 7) is 0. The fraction of sp³-hybridized carbons (Fsp3) is 0.0909. The number of hydrogen-bond acceptors (Lipinski definition) is 4. The Morgan fingerprint density at radius 1 is 1.32 bits per heavy atom. The molecule has 0 aliphatic heterocycles. The molecule has 0 atom stereocenters. The van der Waals surface area contributed by atoms with Crippen LogP contribution in [0.1, 0.15) is 0 Å². The van der Waals surface area contributed by atoms with Crippen molar-refractivity contribution in [1.29, 1.82) is 5.41 Å². The minimum Gasteiger partial charge on any atom is -0.506 e. The standard InChI is InChI=1S/C11H9F3N2O3/c12-11(13,14)9(15)6(10(18)19)5-16-7-3-1-2-4-8(7)17/h1-5,15-17H,(H,18,19)/b6-5+,15-9?. The highest BCUT2D eigenvalue weighted by Crippen LogP contribution is 2.24. The molecule has 0 aromatic heterocycles. The van der Waals surface area contributed by atoms with E-state index in [-0.39, 0.29) is 11.4 Å². The van der Waals surface area contributed by atoms with E-state index < -0.39 is 23.4 Å². The molecule has 0 saturated carbocycles. The number of phenolic OH excluding ortho intramolecular Hbond substituents is 1. The van der Waals surface area contributed by atoms with E-state index in [1.807, 2.05) is 0 Å². The number of para-hydroxylation sites is 2. The number of anilines is 1. The van der Waals surface area contributed by atoms with Crippen LogP contribution in [0.15, 0.2) is 36.0 Å². The van der Waals surface area contributed by atoms with Crippen LogP contribution in [-0.2, 0) is 4.79 Å². The number of phenols is 1. The highest BCUT2D eigenvalue weighted by molar-refractivity contribution is 6.20. The Kier molecular flexibility index (Phi) is 4.15. The van der Waals surface area contributed by atoms with Crippen LogP contribution >= 0.6 is 0 Å². The van der Waals surface area contributed by atoms with E-state index in [4.69, 9.17) is 10.5 Å². The molecule has 1 aromatic carbocycles. The van der Waals surface area contributed by atoms with Crippen LogP contribution in [0.5, 0.6) is 5.75 Å². The third-order valence-corrected chi connectivity index (χ3v) is 2.06. The predicted octanol–water partition coefficient (Wildman–Crippen LogP) is 2.35. The van der Waals surface area contributed by atoms with Gasteiger partial charge in [-0.2, -0.15) is 13.2 Å². The van der Waals surface area contributed by atoms with Gasteiger partial charge in [0.1, 0.15) is 11.3 Å². The molecule has 0 saturated heterocycles. The summed E-state index contributed by atoms with van der Waals surface area (Å²) in [6.07, 6.45) is -4.56. The lowest BCUT2D eigenvalue weighted by Crippen LogP contribution is -2.28. The van der Waals surface area contributed by atoms with Crippen molar-refractivity contribution in [3.8, 4) is 5.75 Å². The SMILES string of the molecule is N=C(/C(=C\Nc1ccccc1O)C(=O)O)C(F)(F)F. The molecule has 1 rings (SSSR count). The maximum absolute atomic E-state index is 12.3. The third-order valence-electron chi connectivity index (χ3n) is 2.06. The summed E-state index contributed by atoms with van der Waals surface area (Å²) in [5.41, 5.74) is -3.21. The first-order valence-electron chi connectivity index (χ1n) is 4.87. The highest BCUT2D eigenvalue weighted by atomic mass is 19.4. The molecule has 19 heavy (non-hydrogen) atoms. The normalized spacial score (nSPS) is 12.1. The average Bonchev–Trinajstić information content (AvgIpc) is 2.29. The van der Waals surface area contributed by atoms with Crippen molar-refractivity contribution in [2.45, 2.75) is 6.18 Å². The Morgan fingerprint density at radius 3 is 2.37 bits per heavy atom. The zero-order chi connectivity index (χ0) is 14.6. The molecule has 0 fully saturated rings. The van der Waals surface area contributed by atoms with Crippen LogP contribution < -0.4 is 5.32 Å². The molecular formula is C11H9F3N2O3. The van der Waals surface area contributed by atoms with Crippen molar-refractivity contribution in [2.75, 3.05) is 5.32 Å². The zero-order valence-electron chi connectivity index (χ0n) is 9.32. The van der Waals surface area contributed by atoms with Gasteiger partial charge in [-0.15, -0.1) is 0 Å². The Bertz CT molecular complexity index is 538. The Labute approximate surface area is 105 Å². The smallest absolute Gasteiger partial charge is 0.433 e. The maximum Gasteiger partial charge on any atom is 0.433 e. The number of rotatable bonds is 4. The van der Waals surface area contributed by atoms with Crippen LogP contribution in [0.2, 0.25) is 0 Å². The van der Waals surface area contributed by atoms with Gasteiger partial charge in [0, 0.05) is 6.20 Å². The highest BCUT2D eigenvalue weighted by Gasteiger charge is 2.39. The van der Waals surface area contributed by atoms with Gasteiger partial charge in [-0.1, -0.05) is 12.1 Å². The largest absolute Gasteiger partial charge is 0.506 e. The van der Waals surface area contributed by atoms with Crippen molar-refractivity contribution in [3.63, 3.8) is 0 Å². The van der Waals surface area contributed by atoms with E-state index >= 15 is 0 Å². The number of nitrogens with one attached hydrogen (secondary N) is 2. The van der Waals surface area contributed by atoms with Gasteiger partial charge in [0.15, 0.2) is 5.71 Å². The van der Waals surface area contributed by atoms with Gasteiger partial charge >= 0.3 is 12.1 Å². The lowest BCUT2D eigenvalue weighted by Gasteiger charge is -2.10. The van der Waals surface area contributed by atoms with Gasteiger partial charge in [0.05, 0.1) is 5.69 Å². The summed E-state index contributed by atoms with van der Waals surface area (Å²) < 4.78 is 36.8. The molecule has 0 unspecified atom stereocenters. The van der Waals surface area contributed by atoms with Gasteiger partial charge in [-0.05, 0) is 12.1 Å². The maximum atomic E-state index is 12.3. The number of alkyl halides is 3. The fourth-order valence-corrected chi connectivity index (χ4v) is 1.14. The lowest BCUT2D eigenvalue weighted by atomic mass is 10.1. The summed E-state index contributed by atoms with van der Waals surface area (Å²) in [4.78, 5) is 10.7. The van der Waals surface area contributed by atoms with Crippen molar-refractivity contribution >= 4 is 17.4 Å². The van der Waals surface area contributed by atoms with E-state index in [9.17, 15) is 23.1 Å². The van der Waals surface area contributed by atoms with Crippen molar-refractivity contribution in [3.05, 3.63) is 36.0 Å². The average molecular weight is 274 g/mol. The Morgan fingerprint density at radius 2 is 1.89 bits per heavy atom. The lowest BCUT2D eigenvalue weighted by molar-refractivity contribution is -0.132. The molecule has 8 heteroatoms. The number of carbonyl (C=O) groups is 1. The first kappa shape index (κ1) is 14.6. The number of benzene rings is 1. The molecule has 0 bridgehead atoms. The number of aromatic hydroxyl groups is 1. The van der Waals surface area contributed by atoms with E-state index in [0.717, 1.165) is 0 Å². The van der Waals surface area contributed by atoms with E-state index in [1.54, 1.807) is 0 Å². The summed E-state index contributed by atoms with van der Waals surface area (Å²) in [6, 6.07) is 5.58. The van der Waals surface area contributed by atoms with Gasteiger partial charge in [-0.3, -0.25) is 5.41 Å². The van der Waals surface area contributed by atoms with Crippen molar-refractivity contribution < 1.29 is 28.2 Å². The first-order valence-corrected chi connectivity index (χ1v) is 4.87. The van der Waals surface area contributed by atoms with Crippen LogP contribution in [0.25, 0.3) is 0 Å². The summed E-state index contributed by atoms with van der Waals surface area (Å²) in [5.74, 6) is -2.16. The van der Waals surface area contributed by atoms with Crippen LogP contribution in [0.3, 0.4) is 0 Å². The van der Waals surface area contributed by atoms with Gasteiger partial charge in [0.25, 0.3) is 0 Å². The molecular weight excluding hydrogens is 265 g/mol. The molecule has 0 amide bonds. The second kappa shape index (κ2) is 5.42. The summed E-state index contributed by atoms with van der Waals surface area (Å²) >= 11 is 0. The second-order valence-electron chi connectivity index (χ2n) is 3.40.